The lowest BCUT2D eigenvalue weighted by Gasteiger charge is -2.11. The van der Waals surface area contributed by atoms with Crippen molar-refractivity contribution in [3.8, 4) is 0 Å². The number of carbonyl (C=O) groups is 3. The molecule has 7 nitrogen and oxygen atoms in total. The van der Waals surface area contributed by atoms with Crippen LogP contribution in [0.5, 0.6) is 0 Å². The highest BCUT2D eigenvalue weighted by atomic mass is 35.5. The van der Waals surface area contributed by atoms with Gasteiger partial charge in [0.2, 0.25) is 5.91 Å². The highest BCUT2D eigenvalue weighted by Gasteiger charge is 2.18. The van der Waals surface area contributed by atoms with Crippen LogP contribution in [0.15, 0.2) is 36.4 Å². The first kappa shape index (κ1) is 21.2. The number of nitrogens with one attached hydrogen (secondary N) is 2. The topological polar surface area (TPSA) is 105 Å². The van der Waals surface area contributed by atoms with Crippen LogP contribution in [0.4, 0.5) is 5.69 Å². The Labute approximate surface area is 167 Å². The predicted octanol–water partition coefficient (Wildman–Crippen LogP) is 3.97. The van der Waals surface area contributed by atoms with E-state index in [0.29, 0.717) is 16.3 Å². The number of nitrogens with zero attached hydrogens (tertiary/aromatic N) is 2. The lowest BCUT2D eigenvalue weighted by molar-refractivity contribution is -0.129. The van der Waals surface area contributed by atoms with Gasteiger partial charge >= 0.3 is 0 Å². The summed E-state index contributed by atoms with van der Waals surface area (Å²) in [6.07, 6.45) is 0. The summed E-state index contributed by atoms with van der Waals surface area (Å²) in [4.78, 5) is 33.6. The maximum atomic E-state index is 11.6. The van der Waals surface area contributed by atoms with Gasteiger partial charge in [-0.15, -0.1) is 0 Å². The molecule has 0 spiro atoms. The number of aryl methyl sites for hydroxylation is 1. The number of hydrogen-bond donors (Lipinski definition) is 2. The molecule has 8 heteroatoms. The molecule has 1 unspecified atom stereocenters. The Hall–Kier alpha value is -3.06. The monoisotopic (exact) mass is 400 g/mol. The van der Waals surface area contributed by atoms with Gasteiger partial charge in [-0.2, -0.15) is 15.4 Å². The Balaban J connectivity index is 0.000000207. The minimum atomic E-state index is -0.656. The third-order valence-corrected chi connectivity index (χ3v) is 4.44. The van der Waals surface area contributed by atoms with E-state index in [-0.39, 0.29) is 17.5 Å². The Morgan fingerprint density at radius 3 is 2.36 bits per heavy atom. The summed E-state index contributed by atoms with van der Waals surface area (Å²) in [5.74, 6) is -1.11. The molecule has 2 N–H and O–H groups in total. The van der Waals surface area contributed by atoms with E-state index < -0.39 is 5.92 Å². The first-order valence-corrected chi connectivity index (χ1v) is 8.95. The van der Waals surface area contributed by atoms with Crippen molar-refractivity contribution in [3.63, 3.8) is 0 Å². The van der Waals surface area contributed by atoms with Crippen LogP contribution in [0.1, 0.15) is 36.7 Å². The third-order valence-electron chi connectivity index (χ3n) is 4.11. The number of halogens is 1. The molecule has 2 aromatic carbocycles. The number of ketones is 2. The minimum absolute atomic E-state index is 0.0416. The highest BCUT2D eigenvalue weighted by Crippen LogP contribution is 2.23. The second kappa shape index (κ2) is 9.23. The number of benzene rings is 2. The van der Waals surface area contributed by atoms with Crippen molar-refractivity contribution in [2.45, 2.75) is 27.7 Å². The number of aromatic nitrogens is 3. The number of H-pyrrole nitrogens is 1. The van der Waals surface area contributed by atoms with Crippen LogP contribution in [-0.2, 0) is 9.59 Å². The number of anilines is 1. The molecule has 146 valence electrons. The maximum Gasteiger partial charge on any atom is 0.234 e. The average molecular weight is 401 g/mol. The van der Waals surface area contributed by atoms with E-state index >= 15 is 0 Å². The van der Waals surface area contributed by atoms with Crippen LogP contribution in [-0.4, -0.2) is 32.9 Å². The summed E-state index contributed by atoms with van der Waals surface area (Å²) in [5, 5.41) is 13.3. The molecule has 0 radical (unpaired) electrons. The summed E-state index contributed by atoms with van der Waals surface area (Å²) in [6.45, 7) is 6.39. The minimum Gasteiger partial charge on any atom is -0.324 e. The van der Waals surface area contributed by atoms with Crippen molar-refractivity contribution < 1.29 is 14.4 Å². The van der Waals surface area contributed by atoms with Gasteiger partial charge in [-0.25, -0.2) is 0 Å². The first-order chi connectivity index (χ1) is 13.2. The Kier molecular flexibility index (Phi) is 7.00. The molecule has 1 atom stereocenters. The van der Waals surface area contributed by atoms with Gasteiger partial charge in [0.15, 0.2) is 5.78 Å². The van der Waals surface area contributed by atoms with Gasteiger partial charge in [0, 0.05) is 5.56 Å². The first-order valence-electron chi connectivity index (χ1n) is 8.58. The molecule has 0 saturated heterocycles. The number of aromatic amines is 1. The second-order valence-electron chi connectivity index (χ2n) is 6.39. The van der Waals surface area contributed by atoms with Crippen molar-refractivity contribution in [1.82, 2.24) is 15.4 Å². The molecule has 0 bridgehead atoms. The molecule has 3 rings (SSSR count). The van der Waals surface area contributed by atoms with Crippen LogP contribution in [0, 0.1) is 12.8 Å². The number of carbonyl (C=O) groups excluding carboxylic acids is 3. The van der Waals surface area contributed by atoms with E-state index in [1.54, 1.807) is 37.3 Å². The molecule has 28 heavy (non-hydrogen) atoms. The van der Waals surface area contributed by atoms with Crippen molar-refractivity contribution in [2.24, 2.45) is 5.92 Å². The largest absolute Gasteiger partial charge is 0.324 e. The summed E-state index contributed by atoms with van der Waals surface area (Å²) in [6, 6.07) is 10.6. The van der Waals surface area contributed by atoms with Crippen LogP contribution in [0.3, 0.4) is 0 Å². The predicted molar refractivity (Wildman–Crippen MR) is 109 cm³/mol. The smallest absolute Gasteiger partial charge is 0.234 e. The zero-order chi connectivity index (χ0) is 20.8. The quantitative estimate of drug-likeness (QED) is 0.509. The summed E-state index contributed by atoms with van der Waals surface area (Å²) in [7, 11) is 0. The van der Waals surface area contributed by atoms with Gasteiger partial charge in [0.25, 0.3) is 0 Å². The van der Waals surface area contributed by atoms with E-state index in [1.165, 1.54) is 13.8 Å². The molecular weight excluding hydrogens is 380 g/mol. The van der Waals surface area contributed by atoms with Gasteiger partial charge in [-0.1, -0.05) is 17.7 Å². The van der Waals surface area contributed by atoms with Gasteiger partial charge in [0.05, 0.1) is 16.6 Å². The molecule has 0 aliphatic heterocycles. The second-order valence-corrected chi connectivity index (χ2v) is 6.80. The fourth-order valence-corrected chi connectivity index (χ4v) is 2.38. The SMILES string of the molecule is CC(=O)C(C)C(=O)Nc1cc(C)ccc1Cl.CC(=O)c1ccc2n[nH]nc2c1. The number of rotatable bonds is 4. The van der Waals surface area contributed by atoms with Gasteiger partial charge in [-0.3, -0.25) is 14.4 Å². The molecule has 0 aliphatic carbocycles. The Bertz CT molecular complexity index is 1030. The standard InChI is InChI=1S/C12H14ClNO2.C8H7N3O/c1-7-4-5-10(13)11(6-7)14-12(16)8(2)9(3)15;1-5(12)6-2-3-7-8(4-6)10-11-9-7/h4-6,8H,1-3H3,(H,14,16);2-4H,1H3,(H,9,10,11). The van der Waals surface area contributed by atoms with Crippen molar-refractivity contribution in [2.75, 3.05) is 5.32 Å². The van der Waals surface area contributed by atoms with E-state index in [0.717, 1.165) is 16.6 Å². The maximum absolute atomic E-state index is 11.6. The summed E-state index contributed by atoms with van der Waals surface area (Å²) >= 11 is 5.92. The van der Waals surface area contributed by atoms with E-state index in [4.69, 9.17) is 11.6 Å². The van der Waals surface area contributed by atoms with Crippen LogP contribution < -0.4 is 5.32 Å². The molecular formula is C20H21ClN4O3. The van der Waals surface area contributed by atoms with E-state index in [2.05, 4.69) is 20.7 Å². The zero-order valence-electron chi connectivity index (χ0n) is 16.0. The lowest BCUT2D eigenvalue weighted by atomic mass is 10.1. The zero-order valence-corrected chi connectivity index (χ0v) is 16.8. The number of fused-ring (bicyclic) bond motifs is 1. The molecule has 0 fully saturated rings. The molecule has 0 saturated carbocycles. The molecule has 0 aliphatic rings. The van der Waals surface area contributed by atoms with Gasteiger partial charge in [0.1, 0.15) is 16.8 Å². The Morgan fingerprint density at radius 1 is 1.04 bits per heavy atom. The van der Waals surface area contributed by atoms with Crippen LogP contribution in [0.25, 0.3) is 11.0 Å². The third kappa shape index (κ3) is 5.47. The van der Waals surface area contributed by atoms with Gasteiger partial charge < -0.3 is 5.32 Å². The van der Waals surface area contributed by atoms with Crippen molar-refractivity contribution in [3.05, 3.63) is 52.5 Å². The number of amides is 1. The summed E-state index contributed by atoms with van der Waals surface area (Å²) in [5.41, 5.74) is 3.70. The number of hydrogen-bond acceptors (Lipinski definition) is 5. The molecule has 1 aromatic heterocycles. The van der Waals surface area contributed by atoms with Crippen LogP contribution >= 0.6 is 11.6 Å². The average Bonchev–Trinajstić information content (AvgIpc) is 3.12. The fourth-order valence-electron chi connectivity index (χ4n) is 2.22. The highest BCUT2D eigenvalue weighted by molar-refractivity contribution is 6.33. The van der Waals surface area contributed by atoms with Crippen molar-refractivity contribution in [1.29, 1.82) is 0 Å². The van der Waals surface area contributed by atoms with E-state index in [9.17, 15) is 14.4 Å². The lowest BCUT2D eigenvalue weighted by Crippen LogP contribution is -2.25. The fraction of sp³-hybridized carbons (Fsp3) is 0.250. The molecule has 1 heterocycles. The van der Waals surface area contributed by atoms with E-state index in [1.807, 2.05) is 13.0 Å². The summed E-state index contributed by atoms with van der Waals surface area (Å²) < 4.78 is 0. The normalized spacial score (nSPS) is 11.3. The molecule has 1 amide bonds. The van der Waals surface area contributed by atoms with Gasteiger partial charge in [-0.05, 0) is 63.6 Å². The van der Waals surface area contributed by atoms with Crippen molar-refractivity contribution >= 4 is 45.8 Å². The van der Waals surface area contributed by atoms with Crippen LogP contribution in [0.2, 0.25) is 5.02 Å². The molecule has 3 aromatic rings. The number of Topliss-reactive ketones (excluding diaryl/α,β-unsaturated/α-hetero) is 2. The Morgan fingerprint density at radius 2 is 1.71 bits per heavy atom.